The largest absolute Gasteiger partial charge is 0.335 e. The Bertz CT molecular complexity index is 726. The van der Waals surface area contributed by atoms with Crippen molar-refractivity contribution >= 4 is 6.03 Å². The molecule has 1 aromatic heterocycles. The predicted octanol–water partition coefficient (Wildman–Crippen LogP) is 1.90. The number of urea groups is 1. The normalized spacial score (nSPS) is 15.8. The lowest BCUT2D eigenvalue weighted by atomic mass is 10.0. The fourth-order valence-corrected chi connectivity index (χ4v) is 3.18. The standard InChI is InChI=1S/C18H25FN6O/c1-2-25-13-21-23-17(25)11-20-18(26)22-15-7-9-24(10-8-15)12-14-5-3-4-6-16(14)19/h3-6,13,15H,2,7-12H2,1H3,(H2,20,22,26). The number of hydrogen-bond acceptors (Lipinski definition) is 4. The van der Waals surface area contributed by atoms with E-state index < -0.39 is 0 Å². The van der Waals surface area contributed by atoms with Crippen molar-refractivity contribution in [2.24, 2.45) is 0 Å². The highest BCUT2D eigenvalue weighted by molar-refractivity contribution is 5.74. The summed E-state index contributed by atoms with van der Waals surface area (Å²) < 4.78 is 15.6. The van der Waals surface area contributed by atoms with E-state index in [1.54, 1.807) is 12.4 Å². The first-order chi connectivity index (χ1) is 12.7. The van der Waals surface area contributed by atoms with Crippen LogP contribution in [0.15, 0.2) is 30.6 Å². The Morgan fingerprint density at radius 2 is 2.08 bits per heavy atom. The van der Waals surface area contributed by atoms with Gasteiger partial charge in [0.15, 0.2) is 5.82 Å². The molecule has 1 aliphatic heterocycles. The van der Waals surface area contributed by atoms with Gasteiger partial charge in [-0.3, -0.25) is 4.90 Å². The first kappa shape index (κ1) is 18.3. The zero-order chi connectivity index (χ0) is 18.4. The van der Waals surface area contributed by atoms with Crippen molar-refractivity contribution < 1.29 is 9.18 Å². The van der Waals surface area contributed by atoms with E-state index in [1.807, 2.05) is 23.6 Å². The molecule has 26 heavy (non-hydrogen) atoms. The van der Waals surface area contributed by atoms with Crippen LogP contribution < -0.4 is 10.6 Å². The molecule has 0 aliphatic carbocycles. The SMILES string of the molecule is CCn1cnnc1CNC(=O)NC1CCN(Cc2ccccc2F)CC1. The van der Waals surface area contributed by atoms with E-state index in [0.29, 0.717) is 13.1 Å². The molecule has 8 heteroatoms. The number of likely N-dealkylation sites (tertiary alicyclic amines) is 1. The summed E-state index contributed by atoms with van der Waals surface area (Å²) in [6.07, 6.45) is 3.36. The number of carbonyl (C=O) groups is 1. The Balaban J connectivity index is 1.39. The maximum atomic E-state index is 13.7. The molecule has 2 N–H and O–H groups in total. The second-order valence-corrected chi connectivity index (χ2v) is 6.50. The first-order valence-electron chi connectivity index (χ1n) is 9.02. The number of carbonyl (C=O) groups excluding carboxylic acids is 1. The molecule has 1 aromatic carbocycles. The summed E-state index contributed by atoms with van der Waals surface area (Å²) in [6, 6.07) is 6.82. The highest BCUT2D eigenvalue weighted by atomic mass is 19.1. The van der Waals surface area contributed by atoms with Crippen LogP contribution in [0.1, 0.15) is 31.2 Å². The Kier molecular flexibility index (Phi) is 6.17. The number of rotatable bonds is 6. The number of aromatic nitrogens is 3. The fraction of sp³-hybridized carbons (Fsp3) is 0.500. The second-order valence-electron chi connectivity index (χ2n) is 6.50. The summed E-state index contributed by atoms with van der Waals surface area (Å²) in [5.41, 5.74) is 0.719. The Labute approximate surface area is 152 Å². The molecular formula is C18H25FN6O. The summed E-state index contributed by atoms with van der Waals surface area (Å²) in [5, 5.41) is 13.7. The number of hydrogen-bond donors (Lipinski definition) is 2. The van der Waals surface area contributed by atoms with Crippen molar-refractivity contribution in [3.8, 4) is 0 Å². The second kappa shape index (κ2) is 8.75. The van der Waals surface area contributed by atoms with Gasteiger partial charge in [0.1, 0.15) is 12.1 Å². The van der Waals surface area contributed by atoms with Crippen LogP contribution in [0.3, 0.4) is 0 Å². The molecule has 7 nitrogen and oxygen atoms in total. The van der Waals surface area contributed by atoms with Crippen LogP contribution in [-0.4, -0.2) is 44.8 Å². The van der Waals surface area contributed by atoms with Crippen molar-refractivity contribution in [2.75, 3.05) is 13.1 Å². The van der Waals surface area contributed by atoms with E-state index in [0.717, 1.165) is 43.9 Å². The number of nitrogens with one attached hydrogen (secondary N) is 2. The van der Waals surface area contributed by atoms with Crippen molar-refractivity contribution in [3.63, 3.8) is 0 Å². The van der Waals surface area contributed by atoms with E-state index >= 15 is 0 Å². The van der Waals surface area contributed by atoms with Crippen LogP contribution in [0.5, 0.6) is 0 Å². The third kappa shape index (κ3) is 4.78. The van der Waals surface area contributed by atoms with Crippen LogP contribution in [0.25, 0.3) is 0 Å². The summed E-state index contributed by atoms with van der Waals surface area (Å²) in [6.45, 7) is 5.41. The summed E-state index contributed by atoms with van der Waals surface area (Å²) in [4.78, 5) is 14.3. The number of aryl methyl sites for hydroxylation is 1. The average Bonchev–Trinajstić information content (AvgIpc) is 3.11. The van der Waals surface area contributed by atoms with Crippen molar-refractivity contribution in [1.29, 1.82) is 0 Å². The lowest BCUT2D eigenvalue weighted by Gasteiger charge is -2.32. The third-order valence-electron chi connectivity index (χ3n) is 4.72. The van der Waals surface area contributed by atoms with Gasteiger partial charge in [-0.15, -0.1) is 10.2 Å². The Morgan fingerprint density at radius 3 is 2.81 bits per heavy atom. The topological polar surface area (TPSA) is 75.1 Å². The Hall–Kier alpha value is -2.48. The summed E-state index contributed by atoms with van der Waals surface area (Å²) >= 11 is 0. The molecule has 1 saturated heterocycles. The molecule has 2 heterocycles. The van der Waals surface area contributed by atoms with Gasteiger partial charge in [0, 0.05) is 37.8 Å². The molecule has 0 radical (unpaired) electrons. The van der Waals surface area contributed by atoms with Gasteiger partial charge >= 0.3 is 6.03 Å². The minimum Gasteiger partial charge on any atom is -0.335 e. The average molecular weight is 360 g/mol. The molecule has 0 atom stereocenters. The van der Waals surface area contributed by atoms with Crippen LogP contribution >= 0.6 is 0 Å². The van der Waals surface area contributed by atoms with E-state index in [1.165, 1.54) is 6.07 Å². The molecule has 0 bridgehead atoms. The maximum Gasteiger partial charge on any atom is 0.315 e. The number of amides is 2. The van der Waals surface area contributed by atoms with Crippen LogP contribution in [-0.2, 0) is 19.6 Å². The van der Waals surface area contributed by atoms with Gasteiger partial charge in [-0.05, 0) is 25.8 Å². The number of benzene rings is 1. The molecule has 1 fully saturated rings. The zero-order valence-corrected chi connectivity index (χ0v) is 15.0. The summed E-state index contributed by atoms with van der Waals surface area (Å²) in [5.74, 6) is 0.578. The lowest BCUT2D eigenvalue weighted by Crippen LogP contribution is -2.47. The van der Waals surface area contributed by atoms with Gasteiger partial charge in [-0.25, -0.2) is 9.18 Å². The number of nitrogens with zero attached hydrogens (tertiary/aromatic N) is 4. The Morgan fingerprint density at radius 1 is 1.31 bits per heavy atom. The van der Waals surface area contributed by atoms with Crippen LogP contribution in [0.2, 0.25) is 0 Å². The first-order valence-corrected chi connectivity index (χ1v) is 9.02. The van der Waals surface area contributed by atoms with E-state index in [-0.39, 0.29) is 17.9 Å². The van der Waals surface area contributed by atoms with Gasteiger partial charge in [0.2, 0.25) is 0 Å². The summed E-state index contributed by atoms with van der Waals surface area (Å²) in [7, 11) is 0. The number of piperidine rings is 1. The number of halogens is 1. The van der Waals surface area contributed by atoms with Gasteiger partial charge in [0.05, 0.1) is 6.54 Å². The molecule has 0 saturated carbocycles. The molecule has 140 valence electrons. The van der Waals surface area contributed by atoms with E-state index in [4.69, 9.17) is 0 Å². The van der Waals surface area contributed by atoms with Gasteiger partial charge in [-0.2, -0.15) is 0 Å². The molecule has 1 aliphatic rings. The van der Waals surface area contributed by atoms with Gasteiger partial charge in [-0.1, -0.05) is 18.2 Å². The van der Waals surface area contributed by atoms with Gasteiger partial charge < -0.3 is 15.2 Å². The fourth-order valence-electron chi connectivity index (χ4n) is 3.18. The minimum atomic E-state index is -0.191. The lowest BCUT2D eigenvalue weighted by molar-refractivity contribution is 0.185. The van der Waals surface area contributed by atoms with Crippen LogP contribution in [0, 0.1) is 5.82 Å². The highest BCUT2D eigenvalue weighted by Crippen LogP contribution is 2.15. The van der Waals surface area contributed by atoms with Gasteiger partial charge in [0.25, 0.3) is 0 Å². The monoisotopic (exact) mass is 360 g/mol. The molecule has 2 amide bonds. The third-order valence-corrected chi connectivity index (χ3v) is 4.72. The van der Waals surface area contributed by atoms with Crippen molar-refractivity contribution in [3.05, 3.63) is 47.8 Å². The van der Waals surface area contributed by atoms with Crippen molar-refractivity contribution in [1.82, 2.24) is 30.3 Å². The van der Waals surface area contributed by atoms with E-state index in [9.17, 15) is 9.18 Å². The highest BCUT2D eigenvalue weighted by Gasteiger charge is 2.21. The molecular weight excluding hydrogens is 335 g/mol. The minimum absolute atomic E-state index is 0.135. The molecule has 3 rings (SSSR count). The van der Waals surface area contributed by atoms with E-state index in [2.05, 4.69) is 25.7 Å². The molecule has 0 unspecified atom stereocenters. The smallest absolute Gasteiger partial charge is 0.315 e. The van der Waals surface area contributed by atoms with Crippen LogP contribution in [0.4, 0.5) is 9.18 Å². The maximum absolute atomic E-state index is 13.7. The van der Waals surface area contributed by atoms with Crippen molar-refractivity contribution in [2.45, 2.75) is 45.4 Å². The molecule has 2 aromatic rings. The molecule has 0 spiro atoms. The quantitative estimate of drug-likeness (QED) is 0.825. The zero-order valence-electron chi connectivity index (χ0n) is 15.0. The predicted molar refractivity (Wildman–Crippen MR) is 95.8 cm³/mol.